The standard InChI is InChI=1S/C13H13FN2O/c1-8-7-12(13(15)17)9(2)16(8)11-5-3-10(14)4-6-11/h3-7H,1-2H3,(H2,15,17). The van der Waals surface area contributed by atoms with Gasteiger partial charge in [-0.1, -0.05) is 0 Å². The molecule has 0 unspecified atom stereocenters. The zero-order valence-corrected chi connectivity index (χ0v) is 9.70. The molecule has 0 saturated heterocycles. The molecule has 1 heterocycles. The molecule has 0 aliphatic heterocycles. The summed E-state index contributed by atoms with van der Waals surface area (Å²) < 4.78 is 14.7. The van der Waals surface area contributed by atoms with Crippen molar-refractivity contribution >= 4 is 5.91 Å². The van der Waals surface area contributed by atoms with Gasteiger partial charge in [0.15, 0.2) is 0 Å². The van der Waals surface area contributed by atoms with E-state index in [1.54, 1.807) is 18.2 Å². The van der Waals surface area contributed by atoms with Crippen LogP contribution < -0.4 is 5.73 Å². The predicted octanol–water partition coefficient (Wildman–Crippen LogP) is 2.33. The topological polar surface area (TPSA) is 48.0 Å². The van der Waals surface area contributed by atoms with E-state index in [2.05, 4.69) is 0 Å². The van der Waals surface area contributed by atoms with Gasteiger partial charge in [0.2, 0.25) is 0 Å². The quantitative estimate of drug-likeness (QED) is 0.848. The number of primary amides is 1. The monoisotopic (exact) mass is 232 g/mol. The van der Waals surface area contributed by atoms with Crippen molar-refractivity contribution in [3.63, 3.8) is 0 Å². The average Bonchev–Trinajstić information content (AvgIpc) is 2.56. The van der Waals surface area contributed by atoms with Crippen LogP contribution in [0.1, 0.15) is 21.7 Å². The Labute approximate surface area is 98.7 Å². The van der Waals surface area contributed by atoms with E-state index >= 15 is 0 Å². The summed E-state index contributed by atoms with van der Waals surface area (Å²) in [6, 6.07) is 7.84. The SMILES string of the molecule is Cc1cc(C(N)=O)c(C)n1-c1ccc(F)cc1. The molecule has 3 nitrogen and oxygen atoms in total. The summed E-state index contributed by atoms with van der Waals surface area (Å²) >= 11 is 0. The van der Waals surface area contributed by atoms with Crippen LogP contribution in [-0.4, -0.2) is 10.5 Å². The minimum atomic E-state index is -0.452. The number of nitrogens with two attached hydrogens (primary N) is 1. The van der Waals surface area contributed by atoms with E-state index in [0.717, 1.165) is 17.1 Å². The fraction of sp³-hybridized carbons (Fsp3) is 0.154. The third-order valence-corrected chi connectivity index (χ3v) is 2.78. The van der Waals surface area contributed by atoms with E-state index in [1.165, 1.54) is 12.1 Å². The molecule has 0 saturated carbocycles. The van der Waals surface area contributed by atoms with Crippen molar-refractivity contribution in [1.29, 1.82) is 0 Å². The van der Waals surface area contributed by atoms with Gasteiger partial charge in [0, 0.05) is 17.1 Å². The second-order valence-corrected chi connectivity index (χ2v) is 3.96. The lowest BCUT2D eigenvalue weighted by molar-refractivity contribution is 0.0999. The highest BCUT2D eigenvalue weighted by Gasteiger charge is 2.13. The molecule has 1 aromatic heterocycles. The molecule has 2 N–H and O–H groups in total. The smallest absolute Gasteiger partial charge is 0.250 e. The molecular weight excluding hydrogens is 219 g/mol. The predicted molar refractivity (Wildman–Crippen MR) is 63.7 cm³/mol. The fourth-order valence-corrected chi connectivity index (χ4v) is 2.00. The van der Waals surface area contributed by atoms with E-state index in [1.807, 2.05) is 18.4 Å². The molecule has 0 atom stereocenters. The number of amides is 1. The van der Waals surface area contributed by atoms with Crippen molar-refractivity contribution in [2.24, 2.45) is 5.73 Å². The first kappa shape index (κ1) is 11.4. The van der Waals surface area contributed by atoms with Crippen molar-refractivity contribution in [3.05, 3.63) is 53.1 Å². The molecule has 1 aromatic carbocycles. The summed E-state index contributed by atoms with van der Waals surface area (Å²) in [7, 11) is 0. The van der Waals surface area contributed by atoms with Gasteiger partial charge in [-0.15, -0.1) is 0 Å². The second kappa shape index (κ2) is 4.05. The van der Waals surface area contributed by atoms with Gasteiger partial charge in [-0.05, 0) is 44.2 Å². The van der Waals surface area contributed by atoms with E-state index in [9.17, 15) is 9.18 Å². The van der Waals surface area contributed by atoms with Crippen LogP contribution in [0.2, 0.25) is 0 Å². The van der Waals surface area contributed by atoms with Crippen LogP contribution >= 0.6 is 0 Å². The maximum absolute atomic E-state index is 12.9. The molecule has 1 amide bonds. The molecule has 17 heavy (non-hydrogen) atoms. The number of carbonyl (C=O) groups is 1. The van der Waals surface area contributed by atoms with Crippen molar-refractivity contribution in [3.8, 4) is 5.69 Å². The molecule has 2 rings (SSSR count). The molecular formula is C13H13FN2O. The fourth-order valence-electron chi connectivity index (χ4n) is 2.00. The average molecular weight is 232 g/mol. The summed E-state index contributed by atoms with van der Waals surface area (Å²) in [4.78, 5) is 11.2. The Morgan fingerprint density at radius 2 is 1.82 bits per heavy atom. The zero-order chi connectivity index (χ0) is 12.6. The Morgan fingerprint density at radius 1 is 1.24 bits per heavy atom. The van der Waals surface area contributed by atoms with Gasteiger partial charge in [0.05, 0.1) is 5.56 Å². The van der Waals surface area contributed by atoms with E-state index in [0.29, 0.717) is 5.56 Å². The van der Waals surface area contributed by atoms with E-state index in [4.69, 9.17) is 5.73 Å². The number of benzene rings is 1. The number of aryl methyl sites for hydroxylation is 1. The number of aromatic nitrogens is 1. The van der Waals surface area contributed by atoms with Gasteiger partial charge in [-0.2, -0.15) is 0 Å². The van der Waals surface area contributed by atoms with Crippen molar-refractivity contribution in [2.75, 3.05) is 0 Å². The number of carbonyl (C=O) groups excluding carboxylic acids is 1. The van der Waals surface area contributed by atoms with Crippen LogP contribution in [0, 0.1) is 19.7 Å². The van der Waals surface area contributed by atoms with Crippen molar-refractivity contribution in [2.45, 2.75) is 13.8 Å². The van der Waals surface area contributed by atoms with Crippen molar-refractivity contribution in [1.82, 2.24) is 4.57 Å². The first-order valence-electron chi connectivity index (χ1n) is 5.25. The largest absolute Gasteiger partial charge is 0.366 e. The number of rotatable bonds is 2. The van der Waals surface area contributed by atoms with Gasteiger partial charge in [0.1, 0.15) is 5.82 Å². The molecule has 0 bridgehead atoms. The van der Waals surface area contributed by atoms with Crippen molar-refractivity contribution < 1.29 is 9.18 Å². The highest BCUT2D eigenvalue weighted by Crippen LogP contribution is 2.20. The molecule has 0 spiro atoms. The maximum atomic E-state index is 12.9. The van der Waals surface area contributed by atoms with E-state index < -0.39 is 5.91 Å². The van der Waals surface area contributed by atoms with Gasteiger partial charge < -0.3 is 10.3 Å². The van der Waals surface area contributed by atoms with Crippen LogP contribution in [0.4, 0.5) is 4.39 Å². The van der Waals surface area contributed by atoms with Crippen LogP contribution in [0.3, 0.4) is 0 Å². The van der Waals surface area contributed by atoms with Crippen LogP contribution in [0.25, 0.3) is 5.69 Å². The molecule has 0 aliphatic carbocycles. The summed E-state index contributed by atoms with van der Waals surface area (Å²) in [5.74, 6) is -0.738. The van der Waals surface area contributed by atoms with Gasteiger partial charge in [0.25, 0.3) is 5.91 Å². The second-order valence-electron chi connectivity index (χ2n) is 3.96. The van der Waals surface area contributed by atoms with Gasteiger partial charge >= 0.3 is 0 Å². The Bertz CT molecular complexity index is 570. The first-order valence-corrected chi connectivity index (χ1v) is 5.25. The number of hydrogen-bond donors (Lipinski definition) is 1. The zero-order valence-electron chi connectivity index (χ0n) is 9.70. The Kier molecular flexibility index (Phi) is 2.71. The van der Waals surface area contributed by atoms with E-state index in [-0.39, 0.29) is 5.82 Å². The Hall–Kier alpha value is -2.10. The minimum absolute atomic E-state index is 0.286. The summed E-state index contributed by atoms with van der Waals surface area (Å²) in [6.07, 6.45) is 0. The van der Waals surface area contributed by atoms with Crippen LogP contribution in [0.15, 0.2) is 30.3 Å². The molecule has 4 heteroatoms. The number of nitrogens with zero attached hydrogens (tertiary/aromatic N) is 1. The normalized spacial score (nSPS) is 10.5. The highest BCUT2D eigenvalue weighted by atomic mass is 19.1. The molecule has 0 aliphatic rings. The van der Waals surface area contributed by atoms with Crippen LogP contribution in [0.5, 0.6) is 0 Å². The number of halogens is 1. The maximum Gasteiger partial charge on any atom is 0.250 e. The lowest BCUT2D eigenvalue weighted by Crippen LogP contribution is -2.12. The van der Waals surface area contributed by atoms with Crippen LogP contribution in [-0.2, 0) is 0 Å². The Morgan fingerprint density at radius 3 is 2.29 bits per heavy atom. The molecule has 0 fully saturated rings. The first-order chi connectivity index (χ1) is 8.00. The van der Waals surface area contributed by atoms with Gasteiger partial charge in [-0.25, -0.2) is 4.39 Å². The lowest BCUT2D eigenvalue weighted by atomic mass is 10.2. The lowest BCUT2D eigenvalue weighted by Gasteiger charge is -2.09. The third kappa shape index (κ3) is 1.93. The number of hydrogen-bond acceptors (Lipinski definition) is 1. The Balaban J connectivity index is 2.59. The molecule has 88 valence electrons. The molecule has 0 radical (unpaired) electrons. The summed E-state index contributed by atoms with van der Waals surface area (Å²) in [5, 5.41) is 0. The molecule has 2 aromatic rings. The minimum Gasteiger partial charge on any atom is -0.366 e. The summed E-state index contributed by atoms with van der Waals surface area (Å²) in [5.41, 5.74) is 8.25. The third-order valence-electron chi connectivity index (χ3n) is 2.78. The summed E-state index contributed by atoms with van der Waals surface area (Å²) in [6.45, 7) is 3.69. The highest BCUT2D eigenvalue weighted by molar-refractivity contribution is 5.94. The van der Waals surface area contributed by atoms with Gasteiger partial charge in [-0.3, -0.25) is 4.79 Å².